The van der Waals surface area contributed by atoms with Crippen molar-refractivity contribution in [3.05, 3.63) is 105 Å². The molecule has 1 aliphatic carbocycles. The van der Waals surface area contributed by atoms with Gasteiger partial charge in [-0.3, -0.25) is 0 Å². The molecule has 1 atom stereocenters. The van der Waals surface area contributed by atoms with Crippen molar-refractivity contribution < 1.29 is 26.7 Å². The number of hydrogen-bond donors (Lipinski definition) is 0. The second-order valence-electron chi connectivity index (χ2n) is 8.90. The molecule has 0 amide bonds. The van der Waals surface area contributed by atoms with Gasteiger partial charge in [0.1, 0.15) is 5.82 Å². The van der Waals surface area contributed by atoms with E-state index in [1.807, 2.05) is 6.08 Å². The molecular weight excluding hydrogens is 459 g/mol. The zero-order valence-electron chi connectivity index (χ0n) is 19.7. The third kappa shape index (κ3) is 5.26. The minimum absolute atomic E-state index is 0.123. The molecule has 0 aliphatic heterocycles. The summed E-state index contributed by atoms with van der Waals surface area (Å²) in [5, 5.41) is 0. The Balaban J connectivity index is 1.44. The van der Waals surface area contributed by atoms with Crippen molar-refractivity contribution >= 4 is 5.57 Å². The Morgan fingerprint density at radius 1 is 0.857 bits per heavy atom. The van der Waals surface area contributed by atoms with Gasteiger partial charge in [0.15, 0.2) is 23.2 Å². The van der Waals surface area contributed by atoms with Crippen molar-refractivity contribution in [1.29, 1.82) is 0 Å². The van der Waals surface area contributed by atoms with Gasteiger partial charge in [-0.15, -0.1) is 0 Å². The molecule has 6 heteroatoms. The summed E-state index contributed by atoms with van der Waals surface area (Å²) >= 11 is 0. The molecule has 0 saturated carbocycles. The van der Waals surface area contributed by atoms with Crippen LogP contribution in [0.3, 0.4) is 0 Å². The van der Waals surface area contributed by atoms with Crippen LogP contribution >= 0.6 is 0 Å². The quantitative estimate of drug-likeness (QED) is 0.306. The molecule has 4 rings (SSSR count). The Hall–Kier alpha value is -3.15. The number of ether oxygens (including phenoxy) is 1. The average molecular weight is 487 g/mol. The van der Waals surface area contributed by atoms with E-state index < -0.39 is 29.1 Å². The Bertz CT molecular complexity index is 1260. The minimum Gasteiger partial charge on any atom is -0.491 e. The lowest BCUT2D eigenvalue weighted by molar-refractivity contribution is 0.313. The van der Waals surface area contributed by atoms with Crippen molar-refractivity contribution in [3.63, 3.8) is 0 Å². The Morgan fingerprint density at radius 2 is 1.66 bits per heavy atom. The van der Waals surface area contributed by atoms with E-state index in [1.54, 1.807) is 31.2 Å². The van der Waals surface area contributed by atoms with Crippen molar-refractivity contribution in [2.75, 3.05) is 6.61 Å². The summed E-state index contributed by atoms with van der Waals surface area (Å²) in [6.45, 7) is 3.45. The molecule has 35 heavy (non-hydrogen) atoms. The first-order chi connectivity index (χ1) is 16.8. The van der Waals surface area contributed by atoms with Crippen LogP contribution in [0.1, 0.15) is 59.9 Å². The molecule has 3 aromatic carbocycles. The van der Waals surface area contributed by atoms with E-state index in [4.69, 9.17) is 4.74 Å². The summed E-state index contributed by atoms with van der Waals surface area (Å²) in [4.78, 5) is 0. The summed E-state index contributed by atoms with van der Waals surface area (Å²) in [5.74, 6) is -4.24. The molecule has 0 aromatic heterocycles. The highest BCUT2D eigenvalue weighted by Gasteiger charge is 2.23. The normalized spacial score (nSPS) is 15.7. The highest BCUT2D eigenvalue weighted by atomic mass is 19.2. The second kappa shape index (κ2) is 10.6. The molecule has 0 fully saturated rings. The SMILES string of the molecule is CCOc1ccc(CCc2ccc(C3=CCC(c4ccc(C)c(F)c4F)CC3)c(F)c2)c(F)c1F. The van der Waals surface area contributed by atoms with Gasteiger partial charge in [0, 0.05) is 5.56 Å². The Labute approximate surface area is 202 Å². The second-order valence-corrected chi connectivity index (χ2v) is 8.90. The topological polar surface area (TPSA) is 9.23 Å². The number of halogens is 5. The molecule has 0 saturated heterocycles. The van der Waals surface area contributed by atoms with Crippen LogP contribution in [-0.4, -0.2) is 6.61 Å². The van der Waals surface area contributed by atoms with Gasteiger partial charge in [0.05, 0.1) is 6.61 Å². The number of aryl methyl sites for hydroxylation is 3. The van der Waals surface area contributed by atoms with E-state index in [-0.39, 0.29) is 35.8 Å². The van der Waals surface area contributed by atoms with Crippen LogP contribution in [-0.2, 0) is 12.8 Å². The zero-order valence-corrected chi connectivity index (χ0v) is 19.7. The maximum absolute atomic E-state index is 14.9. The molecule has 1 nitrogen and oxygen atoms in total. The lowest BCUT2D eigenvalue weighted by Crippen LogP contribution is -2.08. The third-order valence-corrected chi connectivity index (χ3v) is 6.65. The standard InChI is InChI=1S/C29H27F5O/c1-3-35-25-15-12-21(27(32)29(25)34)7-5-18-6-14-22(24(30)16-18)19-8-10-20(11-9-19)23-13-4-17(2)26(31)28(23)33/h4,6,8,12-16,20H,3,5,7,9-11H2,1-2H3. The fraction of sp³-hybridized carbons (Fsp3) is 0.310. The van der Waals surface area contributed by atoms with Gasteiger partial charge in [0.2, 0.25) is 5.82 Å². The predicted molar refractivity (Wildman–Crippen MR) is 127 cm³/mol. The van der Waals surface area contributed by atoms with E-state index in [2.05, 4.69) is 0 Å². The summed E-state index contributed by atoms with van der Waals surface area (Å²) in [6.07, 6.45) is 4.10. The first-order valence-corrected chi connectivity index (χ1v) is 11.8. The number of allylic oxidation sites excluding steroid dienone is 2. The molecule has 3 aromatic rings. The van der Waals surface area contributed by atoms with Gasteiger partial charge < -0.3 is 4.74 Å². The minimum atomic E-state index is -1.01. The van der Waals surface area contributed by atoms with Gasteiger partial charge in [-0.25, -0.2) is 17.6 Å². The molecule has 0 spiro atoms. The lowest BCUT2D eigenvalue weighted by atomic mass is 9.82. The molecule has 1 aliphatic rings. The maximum Gasteiger partial charge on any atom is 0.200 e. The van der Waals surface area contributed by atoms with Gasteiger partial charge >= 0.3 is 0 Å². The van der Waals surface area contributed by atoms with Gasteiger partial charge in [0.25, 0.3) is 0 Å². The van der Waals surface area contributed by atoms with Crippen LogP contribution in [0, 0.1) is 36.0 Å². The van der Waals surface area contributed by atoms with E-state index in [0.717, 1.165) is 5.57 Å². The Kier molecular flexibility index (Phi) is 7.58. The molecule has 0 radical (unpaired) electrons. The predicted octanol–water partition coefficient (Wildman–Crippen LogP) is 8.23. The third-order valence-electron chi connectivity index (χ3n) is 6.65. The lowest BCUT2D eigenvalue weighted by Gasteiger charge is -2.23. The van der Waals surface area contributed by atoms with Crippen molar-refractivity contribution in [3.8, 4) is 5.75 Å². The number of hydrogen-bond acceptors (Lipinski definition) is 1. The van der Waals surface area contributed by atoms with Crippen LogP contribution in [0.2, 0.25) is 0 Å². The van der Waals surface area contributed by atoms with Crippen LogP contribution in [0.25, 0.3) is 5.57 Å². The molecule has 0 bridgehead atoms. The van der Waals surface area contributed by atoms with Crippen LogP contribution in [0.15, 0.2) is 48.5 Å². The van der Waals surface area contributed by atoms with Gasteiger partial charge in [-0.2, -0.15) is 4.39 Å². The Morgan fingerprint density at radius 3 is 2.34 bits per heavy atom. The fourth-order valence-electron chi connectivity index (χ4n) is 4.62. The molecular formula is C29H27F5O. The monoisotopic (exact) mass is 486 g/mol. The van der Waals surface area contributed by atoms with E-state index in [9.17, 15) is 22.0 Å². The van der Waals surface area contributed by atoms with Crippen molar-refractivity contribution in [2.24, 2.45) is 0 Å². The molecule has 1 unspecified atom stereocenters. The first kappa shape index (κ1) is 25.0. The number of rotatable bonds is 7. The van der Waals surface area contributed by atoms with Crippen LogP contribution in [0.4, 0.5) is 22.0 Å². The van der Waals surface area contributed by atoms with Crippen LogP contribution in [0.5, 0.6) is 5.75 Å². The largest absolute Gasteiger partial charge is 0.491 e. The first-order valence-electron chi connectivity index (χ1n) is 11.8. The average Bonchev–Trinajstić information content (AvgIpc) is 2.85. The van der Waals surface area contributed by atoms with E-state index >= 15 is 0 Å². The summed E-state index contributed by atoms with van der Waals surface area (Å²) in [7, 11) is 0. The molecule has 0 N–H and O–H groups in total. The van der Waals surface area contributed by atoms with E-state index in [0.29, 0.717) is 42.4 Å². The smallest absolute Gasteiger partial charge is 0.200 e. The zero-order chi connectivity index (χ0) is 25.1. The van der Waals surface area contributed by atoms with Crippen molar-refractivity contribution in [1.82, 2.24) is 0 Å². The number of benzene rings is 3. The summed E-state index contributed by atoms with van der Waals surface area (Å²) in [5.41, 5.74) is 2.81. The maximum atomic E-state index is 14.9. The van der Waals surface area contributed by atoms with Crippen molar-refractivity contribution in [2.45, 2.75) is 51.9 Å². The molecule has 184 valence electrons. The molecule has 0 heterocycles. The highest BCUT2D eigenvalue weighted by molar-refractivity contribution is 5.67. The summed E-state index contributed by atoms with van der Waals surface area (Å²) in [6, 6.07) is 11.0. The highest BCUT2D eigenvalue weighted by Crippen LogP contribution is 2.38. The van der Waals surface area contributed by atoms with Crippen LogP contribution < -0.4 is 4.74 Å². The fourth-order valence-corrected chi connectivity index (χ4v) is 4.62. The summed E-state index contributed by atoms with van der Waals surface area (Å²) < 4.78 is 76.7. The van der Waals surface area contributed by atoms with Gasteiger partial charge in [-0.05, 0) is 91.8 Å². The van der Waals surface area contributed by atoms with Gasteiger partial charge in [-0.1, -0.05) is 36.4 Å². The van der Waals surface area contributed by atoms with E-state index in [1.165, 1.54) is 25.1 Å².